The number of fused-ring (bicyclic) bond motifs is 1. The Morgan fingerprint density at radius 2 is 2.00 bits per heavy atom. The Hall–Kier alpha value is -1.09. The predicted octanol–water partition coefficient (Wildman–Crippen LogP) is 1.21. The van der Waals surface area contributed by atoms with Crippen molar-refractivity contribution in [3.8, 4) is 0 Å². The molecule has 0 unspecified atom stereocenters. The molecule has 1 saturated heterocycles. The maximum Gasteiger partial charge on any atom is 0.511 e. The third-order valence-electron chi connectivity index (χ3n) is 3.22. The highest BCUT2D eigenvalue weighted by atomic mass is 32.2. The minimum absolute atomic E-state index is 0.178. The number of amidine groups is 1. The molecule has 9 heteroatoms. The van der Waals surface area contributed by atoms with Crippen LogP contribution in [0.15, 0.2) is 16.3 Å². The summed E-state index contributed by atoms with van der Waals surface area (Å²) in [7, 11) is -5.30. The Labute approximate surface area is 109 Å². The fourth-order valence-electron chi connectivity index (χ4n) is 2.25. The van der Waals surface area contributed by atoms with E-state index in [1.807, 2.05) is 6.92 Å². The van der Waals surface area contributed by atoms with E-state index >= 15 is 0 Å². The Bertz CT molecular complexity index is 551. The first-order valence-corrected chi connectivity index (χ1v) is 7.16. The average Bonchev–Trinajstić information content (AvgIpc) is 2.66. The van der Waals surface area contributed by atoms with Crippen LogP contribution >= 0.6 is 0 Å². The first-order valence-electron chi connectivity index (χ1n) is 5.67. The van der Waals surface area contributed by atoms with Gasteiger partial charge in [0.05, 0.1) is 6.54 Å². The second kappa shape index (κ2) is 4.48. The van der Waals surface area contributed by atoms with Crippen molar-refractivity contribution >= 4 is 15.9 Å². The smallest absolute Gasteiger partial charge is 0.332 e. The maximum absolute atomic E-state index is 12.3. The van der Waals surface area contributed by atoms with E-state index in [4.69, 9.17) is 0 Å². The molecule has 2 aliphatic rings. The molecule has 2 heterocycles. The lowest BCUT2D eigenvalue weighted by Crippen LogP contribution is -2.44. The van der Waals surface area contributed by atoms with Gasteiger partial charge in [0.2, 0.25) is 0 Å². The Morgan fingerprint density at radius 3 is 2.53 bits per heavy atom. The highest BCUT2D eigenvalue weighted by molar-refractivity contribution is 7.90. The number of sulfonamides is 1. The maximum atomic E-state index is 12.3. The number of alkyl halides is 3. The zero-order valence-corrected chi connectivity index (χ0v) is 11.3. The van der Waals surface area contributed by atoms with Crippen LogP contribution in [0.1, 0.15) is 20.3 Å². The van der Waals surface area contributed by atoms with Gasteiger partial charge in [0.1, 0.15) is 5.84 Å². The van der Waals surface area contributed by atoms with Gasteiger partial charge in [-0.3, -0.25) is 4.99 Å². The number of hydrogen-bond acceptors (Lipinski definition) is 4. The Balaban J connectivity index is 2.16. The van der Waals surface area contributed by atoms with Gasteiger partial charge in [0, 0.05) is 24.7 Å². The molecule has 0 radical (unpaired) electrons. The van der Waals surface area contributed by atoms with E-state index in [1.54, 1.807) is 16.5 Å². The minimum Gasteiger partial charge on any atom is -0.332 e. The zero-order valence-electron chi connectivity index (χ0n) is 10.5. The predicted molar refractivity (Wildman–Crippen MR) is 63.9 cm³/mol. The third kappa shape index (κ3) is 2.62. The number of nitrogens with one attached hydrogen (secondary N) is 1. The highest BCUT2D eigenvalue weighted by Gasteiger charge is 2.48. The van der Waals surface area contributed by atoms with Gasteiger partial charge < -0.3 is 4.90 Å². The topological polar surface area (TPSA) is 61.8 Å². The molecule has 19 heavy (non-hydrogen) atoms. The van der Waals surface area contributed by atoms with Crippen LogP contribution in [0.5, 0.6) is 0 Å². The van der Waals surface area contributed by atoms with Crippen LogP contribution in [0, 0.1) is 0 Å². The molecule has 2 rings (SSSR count). The summed E-state index contributed by atoms with van der Waals surface area (Å²) in [5, 5.41) is 0. The molecule has 1 atom stereocenters. The standard InChI is InChI=1S/C10H14F3N3O2S/c1-6-4-14-7(2)16-5-8(3-9(6)16)15-19(17,18)10(11,12)13/h8,15H,3-5H2,1-2H3/t8-/m0/s1. The van der Waals surface area contributed by atoms with E-state index in [2.05, 4.69) is 4.99 Å². The first-order chi connectivity index (χ1) is 8.62. The van der Waals surface area contributed by atoms with Gasteiger partial charge in [-0.1, -0.05) is 0 Å². The summed E-state index contributed by atoms with van der Waals surface area (Å²) >= 11 is 0. The van der Waals surface area contributed by atoms with Crippen LogP contribution < -0.4 is 4.72 Å². The molecule has 2 aliphatic heterocycles. The lowest BCUT2D eigenvalue weighted by molar-refractivity contribution is -0.0450. The summed E-state index contributed by atoms with van der Waals surface area (Å²) in [4.78, 5) is 5.98. The molecule has 108 valence electrons. The van der Waals surface area contributed by atoms with Crippen LogP contribution in [-0.2, 0) is 10.0 Å². The van der Waals surface area contributed by atoms with Crippen LogP contribution in [0.3, 0.4) is 0 Å². The second-order valence-electron chi connectivity index (χ2n) is 4.67. The van der Waals surface area contributed by atoms with Crippen molar-refractivity contribution in [2.75, 3.05) is 13.1 Å². The number of nitrogens with zero attached hydrogens (tertiary/aromatic N) is 2. The van der Waals surface area contributed by atoms with Gasteiger partial charge in [-0.2, -0.15) is 13.2 Å². The van der Waals surface area contributed by atoms with Crippen LogP contribution in [0.2, 0.25) is 0 Å². The number of aliphatic imine (C=N–C) groups is 1. The van der Waals surface area contributed by atoms with Crippen molar-refractivity contribution in [2.24, 2.45) is 4.99 Å². The lowest BCUT2D eigenvalue weighted by atomic mass is 10.1. The SMILES string of the molecule is CC1=NCC(C)=C2C[C@H](NS(=O)(=O)C(F)(F)F)CN12. The van der Waals surface area contributed by atoms with Crippen molar-refractivity contribution in [1.82, 2.24) is 9.62 Å². The molecule has 0 aromatic rings. The van der Waals surface area contributed by atoms with Crippen molar-refractivity contribution in [3.63, 3.8) is 0 Å². The minimum atomic E-state index is -5.30. The quantitative estimate of drug-likeness (QED) is 0.833. The second-order valence-corrected chi connectivity index (χ2v) is 6.37. The van der Waals surface area contributed by atoms with E-state index in [0.717, 1.165) is 11.3 Å². The summed E-state index contributed by atoms with van der Waals surface area (Å²) in [6.07, 6.45) is 0.258. The van der Waals surface area contributed by atoms with E-state index in [-0.39, 0.29) is 13.0 Å². The molecule has 1 fully saturated rings. The average molecular weight is 297 g/mol. The Kier molecular flexibility index (Phi) is 3.38. The molecule has 5 nitrogen and oxygen atoms in total. The van der Waals surface area contributed by atoms with E-state index in [1.165, 1.54) is 0 Å². The summed E-state index contributed by atoms with van der Waals surface area (Å²) in [5.41, 5.74) is -3.45. The Morgan fingerprint density at radius 1 is 1.37 bits per heavy atom. The van der Waals surface area contributed by atoms with Gasteiger partial charge >= 0.3 is 15.5 Å². The van der Waals surface area contributed by atoms with Gasteiger partial charge in [-0.05, 0) is 19.4 Å². The van der Waals surface area contributed by atoms with E-state index in [0.29, 0.717) is 12.4 Å². The lowest BCUT2D eigenvalue weighted by Gasteiger charge is -2.25. The fraction of sp³-hybridized carbons (Fsp3) is 0.700. The van der Waals surface area contributed by atoms with E-state index < -0.39 is 21.6 Å². The van der Waals surface area contributed by atoms with Crippen molar-refractivity contribution in [2.45, 2.75) is 31.8 Å². The van der Waals surface area contributed by atoms with Crippen molar-refractivity contribution in [1.29, 1.82) is 0 Å². The molecule has 0 spiro atoms. The highest BCUT2D eigenvalue weighted by Crippen LogP contribution is 2.30. The van der Waals surface area contributed by atoms with Crippen molar-refractivity contribution in [3.05, 3.63) is 11.3 Å². The van der Waals surface area contributed by atoms with Gasteiger partial charge in [-0.25, -0.2) is 13.1 Å². The number of hydrogen-bond donors (Lipinski definition) is 1. The summed E-state index contributed by atoms with van der Waals surface area (Å²) in [6.45, 7) is 4.29. The third-order valence-corrected chi connectivity index (χ3v) is 4.48. The van der Waals surface area contributed by atoms with Gasteiger partial charge in [0.25, 0.3) is 0 Å². The summed E-state index contributed by atoms with van der Waals surface area (Å²) in [5.74, 6) is 0.703. The molecule has 0 saturated carbocycles. The molecule has 0 aromatic heterocycles. The number of halogens is 3. The molecule has 1 N–H and O–H groups in total. The summed E-state index contributed by atoms with van der Waals surface area (Å²) in [6, 6.07) is -0.778. The summed E-state index contributed by atoms with van der Waals surface area (Å²) < 4.78 is 60.8. The zero-order chi connectivity index (χ0) is 14.4. The molecule has 0 aliphatic carbocycles. The largest absolute Gasteiger partial charge is 0.511 e. The van der Waals surface area contributed by atoms with E-state index in [9.17, 15) is 21.6 Å². The molecule has 0 aromatic carbocycles. The molecule has 0 bridgehead atoms. The van der Waals surface area contributed by atoms with Gasteiger partial charge in [-0.15, -0.1) is 0 Å². The van der Waals surface area contributed by atoms with Gasteiger partial charge in [0.15, 0.2) is 0 Å². The van der Waals surface area contributed by atoms with Crippen LogP contribution in [0.4, 0.5) is 13.2 Å². The normalized spacial score (nSPS) is 24.6. The molecular formula is C10H14F3N3O2S. The fourth-order valence-corrected chi connectivity index (χ4v) is 2.98. The molecule has 0 amide bonds. The first kappa shape index (κ1) is 14.3. The number of rotatable bonds is 2. The monoisotopic (exact) mass is 297 g/mol. The molecular weight excluding hydrogens is 283 g/mol. The van der Waals surface area contributed by atoms with Crippen LogP contribution in [-0.4, -0.2) is 43.8 Å². The van der Waals surface area contributed by atoms with Crippen LogP contribution in [0.25, 0.3) is 0 Å². The van der Waals surface area contributed by atoms with Crippen molar-refractivity contribution < 1.29 is 21.6 Å².